The van der Waals surface area contributed by atoms with Crippen LogP contribution in [0.4, 0.5) is 0 Å². The van der Waals surface area contributed by atoms with Gasteiger partial charge in [-0.25, -0.2) is 0 Å². The van der Waals surface area contributed by atoms with Gasteiger partial charge in [-0.3, -0.25) is 0 Å². The number of hydrogen-bond donors (Lipinski definition) is 1. The summed E-state index contributed by atoms with van der Waals surface area (Å²) in [6.45, 7) is 2.24. The van der Waals surface area contributed by atoms with Gasteiger partial charge in [-0.05, 0) is 36.0 Å². The van der Waals surface area contributed by atoms with E-state index in [0.717, 1.165) is 20.9 Å². The van der Waals surface area contributed by atoms with Gasteiger partial charge in [-0.2, -0.15) is 0 Å². The summed E-state index contributed by atoms with van der Waals surface area (Å²) in [5, 5.41) is 10.7. The predicted molar refractivity (Wildman–Crippen MR) is 82.5 cm³/mol. The van der Waals surface area contributed by atoms with Gasteiger partial charge >= 0.3 is 0 Å². The number of hydrogen-bond acceptors (Lipinski definition) is 1. The van der Waals surface area contributed by atoms with Gasteiger partial charge in [0.2, 0.25) is 0 Å². The van der Waals surface area contributed by atoms with Crippen molar-refractivity contribution in [2.45, 2.75) is 45.1 Å². The summed E-state index contributed by atoms with van der Waals surface area (Å²) in [6.07, 6.45) is 5.85. The molecule has 0 spiro atoms. The highest BCUT2D eigenvalue weighted by Crippen LogP contribution is 2.42. The lowest BCUT2D eigenvalue weighted by Gasteiger charge is -2.34. The van der Waals surface area contributed by atoms with Gasteiger partial charge in [0.05, 0.1) is 6.10 Å². The minimum absolute atomic E-state index is 0.335. The van der Waals surface area contributed by atoms with Crippen LogP contribution in [0.1, 0.15) is 50.7 Å². The SMILES string of the molecule is CCC1CCCCC1C(O)c1ccc(Br)cc1Br. The van der Waals surface area contributed by atoms with Crippen LogP contribution in [0, 0.1) is 11.8 Å². The zero-order valence-electron chi connectivity index (χ0n) is 10.7. The molecule has 1 nitrogen and oxygen atoms in total. The Hall–Kier alpha value is 0.140. The summed E-state index contributed by atoms with van der Waals surface area (Å²) >= 11 is 7.02. The number of benzene rings is 1. The Morgan fingerprint density at radius 2 is 2.00 bits per heavy atom. The maximum atomic E-state index is 10.7. The molecule has 0 aromatic heterocycles. The van der Waals surface area contributed by atoms with Crippen molar-refractivity contribution >= 4 is 31.9 Å². The summed E-state index contributed by atoms with van der Waals surface area (Å²) in [7, 11) is 0. The van der Waals surface area contributed by atoms with Crippen molar-refractivity contribution in [2.75, 3.05) is 0 Å². The third-order valence-corrected chi connectivity index (χ3v) is 5.36. The second-order valence-corrected chi connectivity index (χ2v) is 7.00. The third-order valence-electron chi connectivity index (χ3n) is 4.18. The molecule has 0 aliphatic heterocycles. The van der Waals surface area contributed by atoms with Gasteiger partial charge in [0, 0.05) is 8.95 Å². The average molecular weight is 376 g/mol. The van der Waals surface area contributed by atoms with Crippen molar-refractivity contribution in [3.63, 3.8) is 0 Å². The molecule has 0 heterocycles. The lowest BCUT2D eigenvalue weighted by atomic mass is 9.73. The van der Waals surface area contributed by atoms with E-state index >= 15 is 0 Å². The molecule has 0 amide bonds. The molecule has 1 aromatic carbocycles. The van der Waals surface area contributed by atoms with Crippen molar-refractivity contribution in [1.82, 2.24) is 0 Å². The molecule has 18 heavy (non-hydrogen) atoms. The van der Waals surface area contributed by atoms with Crippen LogP contribution in [-0.2, 0) is 0 Å². The van der Waals surface area contributed by atoms with E-state index in [1.165, 1.54) is 25.7 Å². The van der Waals surface area contributed by atoms with E-state index in [9.17, 15) is 5.11 Å². The van der Waals surface area contributed by atoms with Crippen LogP contribution in [0.15, 0.2) is 27.1 Å². The Bertz CT molecular complexity index is 405. The van der Waals surface area contributed by atoms with Gasteiger partial charge in [0.1, 0.15) is 0 Å². The average Bonchev–Trinajstić information content (AvgIpc) is 2.38. The standard InChI is InChI=1S/C15H20Br2O/c1-2-10-5-3-4-6-12(10)15(18)13-8-7-11(16)9-14(13)17/h7-10,12,15,18H,2-6H2,1H3. The Balaban J connectivity index is 2.20. The van der Waals surface area contributed by atoms with E-state index in [1.54, 1.807) is 0 Å². The van der Waals surface area contributed by atoms with E-state index in [-0.39, 0.29) is 6.10 Å². The molecule has 0 saturated heterocycles. The zero-order chi connectivity index (χ0) is 13.1. The summed E-state index contributed by atoms with van der Waals surface area (Å²) in [4.78, 5) is 0. The lowest BCUT2D eigenvalue weighted by molar-refractivity contribution is 0.0447. The van der Waals surface area contributed by atoms with Crippen LogP contribution in [-0.4, -0.2) is 5.11 Å². The first-order valence-electron chi connectivity index (χ1n) is 6.76. The second kappa shape index (κ2) is 6.53. The number of aliphatic hydroxyl groups excluding tert-OH is 1. The van der Waals surface area contributed by atoms with Crippen molar-refractivity contribution in [1.29, 1.82) is 0 Å². The van der Waals surface area contributed by atoms with Gasteiger partial charge in [-0.15, -0.1) is 0 Å². The second-order valence-electron chi connectivity index (χ2n) is 5.23. The number of rotatable bonds is 3. The first-order chi connectivity index (χ1) is 8.63. The van der Waals surface area contributed by atoms with Crippen molar-refractivity contribution in [2.24, 2.45) is 11.8 Å². The first-order valence-corrected chi connectivity index (χ1v) is 8.35. The van der Waals surface area contributed by atoms with Crippen LogP contribution in [0.25, 0.3) is 0 Å². The Labute approximate surface area is 126 Å². The number of halogens is 2. The van der Waals surface area contributed by atoms with Gasteiger partial charge in [0.25, 0.3) is 0 Å². The van der Waals surface area contributed by atoms with Gasteiger partial charge in [-0.1, -0.05) is 70.5 Å². The van der Waals surface area contributed by atoms with E-state index in [1.807, 2.05) is 18.2 Å². The van der Waals surface area contributed by atoms with E-state index in [2.05, 4.69) is 38.8 Å². The van der Waals surface area contributed by atoms with Crippen LogP contribution in [0.2, 0.25) is 0 Å². The highest BCUT2D eigenvalue weighted by molar-refractivity contribution is 9.11. The molecule has 0 bridgehead atoms. The van der Waals surface area contributed by atoms with E-state index in [0.29, 0.717) is 11.8 Å². The monoisotopic (exact) mass is 374 g/mol. The van der Waals surface area contributed by atoms with Crippen LogP contribution in [0.5, 0.6) is 0 Å². The summed E-state index contributed by atoms with van der Waals surface area (Å²) < 4.78 is 2.05. The van der Waals surface area contributed by atoms with Crippen molar-refractivity contribution in [3.8, 4) is 0 Å². The Kier molecular flexibility index (Phi) is 5.28. The molecule has 1 N–H and O–H groups in total. The highest BCUT2D eigenvalue weighted by atomic mass is 79.9. The lowest BCUT2D eigenvalue weighted by Crippen LogP contribution is -2.25. The van der Waals surface area contributed by atoms with Crippen LogP contribution < -0.4 is 0 Å². The molecule has 1 fully saturated rings. The van der Waals surface area contributed by atoms with Gasteiger partial charge in [0.15, 0.2) is 0 Å². The minimum Gasteiger partial charge on any atom is -0.388 e. The molecular formula is C15H20Br2O. The predicted octanol–water partition coefficient (Wildman–Crippen LogP) is 5.46. The maximum absolute atomic E-state index is 10.7. The fraction of sp³-hybridized carbons (Fsp3) is 0.600. The van der Waals surface area contributed by atoms with Gasteiger partial charge < -0.3 is 5.11 Å². The maximum Gasteiger partial charge on any atom is 0.0831 e. The Morgan fingerprint density at radius 3 is 2.67 bits per heavy atom. The molecule has 3 atom stereocenters. The quantitative estimate of drug-likeness (QED) is 0.743. The molecule has 1 aliphatic carbocycles. The summed E-state index contributed by atoms with van der Waals surface area (Å²) in [5.74, 6) is 1.09. The number of aliphatic hydroxyl groups is 1. The Morgan fingerprint density at radius 1 is 1.28 bits per heavy atom. The normalized spacial score (nSPS) is 26.0. The molecule has 1 aliphatic rings. The zero-order valence-corrected chi connectivity index (χ0v) is 13.9. The van der Waals surface area contributed by atoms with Crippen molar-refractivity contribution < 1.29 is 5.11 Å². The molecule has 100 valence electrons. The first kappa shape index (κ1) is 14.5. The summed E-state index contributed by atoms with van der Waals surface area (Å²) in [6, 6.07) is 6.05. The largest absolute Gasteiger partial charge is 0.388 e. The van der Waals surface area contributed by atoms with Crippen LogP contribution >= 0.6 is 31.9 Å². The van der Waals surface area contributed by atoms with E-state index in [4.69, 9.17) is 0 Å². The highest BCUT2D eigenvalue weighted by Gasteiger charge is 2.31. The summed E-state index contributed by atoms with van der Waals surface area (Å²) in [5.41, 5.74) is 1.03. The molecule has 3 unspecified atom stereocenters. The van der Waals surface area contributed by atoms with Crippen LogP contribution in [0.3, 0.4) is 0 Å². The van der Waals surface area contributed by atoms with E-state index < -0.39 is 0 Å². The fourth-order valence-electron chi connectivity index (χ4n) is 3.13. The topological polar surface area (TPSA) is 20.2 Å². The molecule has 0 radical (unpaired) electrons. The molecule has 1 aromatic rings. The van der Waals surface area contributed by atoms with Crippen molar-refractivity contribution in [3.05, 3.63) is 32.7 Å². The molecular weight excluding hydrogens is 356 g/mol. The molecule has 3 heteroatoms. The molecule has 2 rings (SSSR count). The smallest absolute Gasteiger partial charge is 0.0831 e. The minimum atomic E-state index is -0.335. The third kappa shape index (κ3) is 3.17. The molecule has 1 saturated carbocycles. The fourth-order valence-corrected chi connectivity index (χ4v) is 4.41.